The maximum absolute atomic E-state index is 11.0. The summed E-state index contributed by atoms with van der Waals surface area (Å²) in [6.07, 6.45) is -27.2. The average Bonchev–Trinajstić information content (AvgIpc) is 2.80. The zero-order valence-corrected chi connectivity index (χ0v) is 17.5. The van der Waals surface area contributed by atoms with Crippen molar-refractivity contribution in [3.63, 3.8) is 0 Å². The van der Waals surface area contributed by atoms with Crippen LogP contribution in [0.1, 0.15) is 8.29 Å². The van der Waals surface area contributed by atoms with E-state index in [1.807, 2.05) is 0 Å². The molecule has 3 aliphatic heterocycles. The molecular formula is C18H32O15. The van der Waals surface area contributed by atoms with E-state index in [4.69, 9.17) is 20.3 Å². The molecule has 0 radical (unpaired) electrons. The predicted molar refractivity (Wildman–Crippen MR) is 99.9 cm³/mol. The fourth-order valence-electron chi connectivity index (χ4n) is 4.19. The van der Waals surface area contributed by atoms with Crippen LogP contribution in [0.3, 0.4) is 0 Å². The van der Waals surface area contributed by atoms with Gasteiger partial charge >= 0.3 is 0 Å². The highest BCUT2D eigenvalue weighted by molar-refractivity contribution is 5.06. The Morgan fingerprint density at radius 2 is 1.39 bits per heavy atom. The van der Waals surface area contributed by atoms with Crippen molar-refractivity contribution in [2.24, 2.45) is 0 Å². The van der Waals surface area contributed by atoms with Gasteiger partial charge in [-0.05, 0) is 6.92 Å². The molecule has 0 aliphatic carbocycles. The first-order valence-corrected chi connectivity index (χ1v) is 10.3. The number of hydrogen-bond donors (Lipinski definition) is 11. The first-order valence-electron chi connectivity index (χ1n) is 10.8. The zero-order chi connectivity index (χ0) is 25.7. The fourth-order valence-corrected chi connectivity index (χ4v) is 4.19. The van der Waals surface area contributed by atoms with Gasteiger partial charge in [-0.3, -0.25) is 0 Å². The van der Waals surface area contributed by atoms with Crippen LogP contribution >= 0.6 is 0 Å². The Labute approximate surface area is 189 Å². The van der Waals surface area contributed by atoms with Gasteiger partial charge in [0.25, 0.3) is 0 Å². The van der Waals surface area contributed by atoms with Crippen LogP contribution in [0.15, 0.2) is 0 Å². The molecule has 3 aliphatic rings. The second-order valence-electron chi connectivity index (χ2n) is 8.40. The van der Waals surface area contributed by atoms with Crippen LogP contribution in [0.2, 0.25) is 0 Å². The van der Waals surface area contributed by atoms with Gasteiger partial charge in [0.05, 0.1) is 20.7 Å². The Kier molecular flexibility index (Phi) is 7.86. The fraction of sp³-hybridized carbons (Fsp3) is 1.00. The second-order valence-corrected chi connectivity index (χ2v) is 8.40. The summed E-state index contributed by atoms with van der Waals surface area (Å²) in [7, 11) is 0. The Morgan fingerprint density at radius 1 is 0.788 bits per heavy atom. The molecule has 3 saturated heterocycles. The molecule has 11 N–H and O–H groups in total. The van der Waals surface area contributed by atoms with Crippen molar-refractivity contribution in [1.82, 2.24) is 0 Å². The maximum Gasteiger partial charge on any atom is 0.225 e. The smallest absolute Gasteiger partial charge is 0.225 e. The third-order valence-electron chi connectivity index (χ3n) is 6.23. The molecule has 3 rings (SSSR count). The Balaban J connectivity index is 1.84. The molecule has 0 aromatic carbocycles. The molecular weight excluding hydrogens is 456 g/mol. The summed E-state index contributed by atoms with van der Waals surface area (Å²) in [5, 5.41) is 112. The van der Waals surface area contributed by atoms with E-state index < -0.39 is 105 Å². The first-order chi connectivity index (χ1) is 15.7. The van der Waals surface area contributed by atoms with Gasteiger partial charge in [0.2, 0.25) is 5.79 Å². The van der Waals surface area contributed by atoms with Gasteiger partial charge in [-0.1, -0.05) is 0 Å². The molecule has 0 bridgehead atoms. The molecule has 3 heterocycles. The summed E-state index contributed by atoms with van der Waals surface area (Å²) in [6.45, 7) is -0.582. The summed E-state index contributed by atoms with van der Waals surface area (Å²) in [6, 6.07) is 0. The van der Waals surface area contributed by atoms with Crippen LogP contribution in [0, 0.1) is 0 Å². The van der Waals surface area contributed by atoms with E-state index in [0.29, 0.717) is 0 Å². The van der Waals surface area contributed by atoms with Gasteiger partial charge in [0, 0.05) is 0 Å². The molecule has 15 atom stereocenters. The van der Waals surface area contributed by atoms with Crippen LogP contribution in [-0.2, 0) is 18.9 Å². The van der Waals surface area contributed by atoms with E-state index in [0.717, 1.165) is 0 Å². The molecule has 15 heteroatoms. The normalized spacial score (nSPS) is 58.7. The molecule has 15 nitrogen and oxygen atoms in total. The van der Waals surface area contributed by atoms with Crippen molar-refractivity contribution in [2.45, 2.75) is 98.3 Å². The maximum atomic E-state index is 11.0. The van der Waals surface area contributed by atoms with Gasteiger partial charge in [-0.15, -0.1) is 0 Å². The molecule has 0 amide bonds. The van der Waals surface area contributed by atoms with Crippen molar-refractivity contribution in [3.8, 4) is 0 Å². The number of rotatable bonds is 5. The third-order valence-corrected chi connectivity index (χ3v) is 6.23. The molecule has 194 valence electrons. The largest absolute Gasteiger partial charge is 0.394 e. The Hall–Kier alpha value is -0.600. The zero-order valence-electron chi connectivity index (χ0n) is 18.5. The van der Waals surface area contributed by atoms with E-state index in [1.165, 1.54) is 6.92 Å². The van der Waals surface area contributed by atoms with Gasteiger partial charge in [-0.25, -0.2) is 0 Å². The lowest BCUT2D eigenvalue weighted by Gasteiger charge is -2.53. The molecule has 2 unspecified atom stereocenters. The molecule has 0 aromatic heterocycles. The monoisotopic (exact) mass is 489 g/mol. The van der Waals surface area contributed by atoms with Crippen molar-refractivity contribution >= 4 is 0 Å². The standard InChI is InChI=1S/C18H32O15/c1-4-7(21)9(23)11(25)16(30-4)18(29)15(28)13(27)14(6(3-20)33-18)32-17-12(26)10(24)8(22)5(2-19)31-17/h4-17,19-29H,2-3H2,1H3/t4-,5+,6+,7+,8-,9+,10-,11-,12+,13-,14+,15+,16?,17-,18?/m0/s1/i10D. The lowest BCUT2D eigenvalue weighted by molar-refractivity contribution is -0.419. The van der Waals surface area contributed by atoms with Gasteiger partial charge in [0.15, 0.2) is 6.29 Å². The van der Waals surface area contributed by atoms with E-state index in [2.05, 4.69) is 0 Å². The highest BCUT2D eigenvalue weighted by Gasteiger charge is 2.63. The quantitative estimate of drug-likeness (QED) is 0.171. The number of aliphatic hydroxyl groups excluding tert-OH is 9. The van der Waals surface area contributed by atoms with Gasteiger partial charge < -0.3 is 75.1 Å². The third kappa shape index (κ3) is 4.65. The average molecular weight is 489 g/mol. The van der Waals surface area contributed by atoms with E-state index in [9.17, 15) is 56.2 Å². The molecule has 0 spiro atoms. The number of hydrogen-bond acceptors (Lipinski definition) is 15. The summed E-state index contributed by atoms with van der Waals surface area (Å²) in [5.74, 6) is -2.94. The lowest BCUT2D eigenvalue weighted by Crippen LogP contribution is -2.75. The van der Waals surface area contributed by atoms with Crippen LogP contribution in [0.5, 0.6) is 0 Å². The van der Waals surface area contributed by atoms with Crippen LogP contribution in [0.25, 0.3) is 0 Å². The van der Waals surface area contributed by atoms with Crippen molar-refractivity contribution in [3.05, 3.63) is 0 Å². The minimum Gasteiger partial charge on any atom is -0.394 e. The molecule has 0 saturated carbocycles. The van der Waals surface area contributed by atoms with E-state index in [1.54, 1.807) is 0 Å². The predicted octanol–water partition coefficient (Wildman–Crippen LogP) is -7.16. The number of ether oxygens (including phenoxy) is 4. The van der Waals surface area contributed by atoms with Crippen LogP contribution in [-0.4, -0.2) is 161 Å². The molecule has 0 aromatic rings. The lowest BCUT2D eigenvalue weighted by atomic mass is 9.83. The molecule has 33 heavy (non-hydrogen) atoms. The summed E-state index contributed by atoms with van der Waals surface area (Å²) in [4.78, 5) is 0. The Bertz CT molecular complexity index is 698. The Morgan fingerprint density at radius 3 is 1.97 bits per heavy atom. The molecule has 3 fully saturated rings. The number of aliphatic hydroxyl groups is 11. The second kappa shape index (κ2) is 10.2. The highest BCUT2D eigenvalue weighted by atomic mass is 16.7. The SMILES string of the molecule is [2H][C@@]1(O)[C@@H](O)[C@H](O[C@H]2[C@H](O)[C@@H](O)C(O)(C3O[C@@H](C)[C@@H](O)[C@@H](O)[C@@H]3O)O[C@@H]2CO)O[C@H](CO)[C@@H]1O. The van der Waals surface area contributed by atoms with Crippen LogP contribution in [0.4, 0.5) is 0 Å². The van der Waals surface area contributed by atoms with Crippen molar-refractivity contribution in [2.75, 3.05) is 13.2 Å². The van der Waals surface area contributed by atoms with E-state index in [-0.39, 0.29) is 0 Å². The first kappa shape index (κ1) is 25.5. The van der Waals surface area contributed by atoms with Gasteiger partial charge in [-0.2, -0.15) is 0 Å². The van der Waals surface area contributed by atoms with Gasteiger partial charge in [0.1, 0.15) is 73.2 Å². The topological polar surface area (TPSA) is 259 Å². The minimum atomic E-state index is -2.97. The van der Waals surface area contributed by atoms with Crippen molar-refractivity contribution < 1.29 is 76.5 Å². The van der Waals surface area contributed by atoms with Crippen molar-refractivity contribution in [1.29, 1.82) is 0 Å². The highest BCUT2D eigenvalue weighted by Crippen LogP contribution is 2.39. The minimum absolute atomic E-state index is 0.895. The van der Waals surface area contributed by atoms with Crippen LogP contribution < -0.4 is 0 Å². The summed E-state index contributed by atoms with van der Waals surface area (Å²) < 4.78 is 28.8. The van der Waals surface area contributed by atoms with E-state index >= 15 is 0 Å². The summed E-state index contributed by atoms with van der Waals surface area (Å²) >= 11 is 0. The summed E-state index contributed by atoms with van der Waals surface area (Å²) in [5.41, 5.74) is 0.